The lowest BCUT2D eigenvalue weighted by molar-refractivity contribution is -0.0514. The van der Waals surface area contributed by atoms with Crippen LogP contribution < -0.4 is 14.8 Å². The Morgan fingerprint density at radius 2 is 1.82 bits per heavy atom. The number of rotatable bonds is 8. The SMILES string of the molecule is CCOc1cc(NC(=O)c2cnn3c(C(F)F)cc(-c4ccccc4)nc23)ccc1OC(F)F. The van der Waals surface area contributed by atoms with Crippen LogP contribution in [0.25, 0.3) is 16.9 Å². The number of hydrogen-bond donors (Lipinski definition) is 1. The zero-order valence-corrected chi connectivity index (χ0v) is 17.7. The zero-order chi connectivity index (χ0) is 24.2. The molecule has 34 heavy (non-hydrogen) atoms. The van der Waals surface area contributed by atoms with Crippen molar-refractivity contribution < 1.29 is 31.8 Å². The van der Waals surface area contributed by atoms with E-state index in [0.29, 0.717) is 5.56 Å². The standard InChI is InChI=1S/C23H18F4N4O3/c1-2-33-19-10-14(8-9-18(19)34-23(26)27)29-22(32)15-12-28-31-17(20(24)25)11-16(30-21(15)31)13-6-4-3-5-7-13/h3-12,20,23H,2H2,1H3,(H,29,32). The first-order chi connectivity index (χ1) is 16.4. The molecule has 2 aromatic carbocycles. The molecule has 1 N–H and O–H groups in total. The highest BCUT2D eigenvalue weighted by atomic mass is 19.3. The maximum atomic E-state index is 13.7. The molecule has 2 heterocycles. The number of alkyl halides is 4. The predicted molar refractivity (Wildman–Crippen MR) is 116 cm³/mol. The summed E-state index contributed by atoms with van der Waals surface area (Å²) in [5.41, 5.74) is 0.528. The number of aromatic nitrogens is 3. The third kappa shape index (κ3) is 4.77. The second kappa shape index (κ2) is 9.77. The average molecular weight is 474 g/mol. The Bertz CT molecular complexity index is 1310. The molecule has 0 fully saturated rings. The fourth-order valence-corrected chi connectivity index (χ4v) is 3.30. The number of benzene rings is 2. The molecule has 2 aromatic heterocycles. The Balaban J connectivity index is 1.70. The highest BCUT2D eigenvalue weighted by Crippen LogP contribution is 2.32. The van der Waals surface area contributed by atoms with Crippen molar-refractivity contribution in [3.05, 3.63) is 72.1 Å². The Morgan fingerprint density at radius 1 is 1.06 bits per heavy atom. The van der Waals surface area contributed by atoms with E-state index in [1.807, 2.05) is 0 Å². The molecule has 11 heteroatoms. The van der Waals surface area contributed by atoms with E-state index in [2.05, 4.69) is 20.1 Å². The van der Waals surface area contributed by atoms with Gasteiger partial charge in [-0.15, -0.1) is 0 Å². The van der Waals surface area contributed by atoms with Gasteiger partial charge in [0.25, 0.3) is 12.3 Å². The van der Waals surface area contributed by atoms with E-state index >= 15 is 0 Å². The van der Waals surface area contributed by atoms with Crippen LogP contribution in [0.2, 0.25) is 0 Å². The lowest BCUT2D eigenvalue weighted by Crippen LogP contribution is -2.13. The van der Waals surface area contributed by atoms with Crippen LogP contribution in [0.1, 0.15) is 29.4 Å². The van der Waals surface area contributed by atoms with Gasteiger partial charge in [0.05, 0.1) is 18.5 Å². The number of carbonyl (C=O) groups excluding carboxylic acids is 1. The third-order valence-electron chi connectivity index (χ3n) is 4.75. The molecule has 0 aliphatic rings. The second-order valence-electron chi connectivity index (χ2n) is 6.95. The van der Waals surface area contributed by atoms with E-state index < -0.39 is 24.6 Å². The average Bonchev–Trinajstić information content (AvgIpc) is 3.24. The summed E-state index contributed by atoms with van der Waals surface area (Å²) < 4.78 is 63.3. The van der Waals surface area contributed by atoms with Crippen LogP contribution in [-0.2, 0) is 0 Å². The Morgan fingerprint density at radius 3 is 2.50 bits per heavy atom. The van der Waals surface area contributed by atoms with E-state index in [4.69, 9.17) is 4.74 Å². The first kappa shape index (κ1) is 23.0. The summed E-state index contributed by atoms with van der Waals surface area (Å²) in [6.45, 7) is -1.21. The van der Waals surface area contributed by atoms with E-state index in [1.54, 1.807) is 37.3 Å². The van der Waals surface area contributed by atoms with Crippen molar-refractivity contribution in [2.24, 2.45) is 0 Å². The van der Waals surface area contributed by atoms with Crippen molar-refractivity contribution in [3.8, 4) is 22.8 Å². The Kier molecular flexibility index (Phi) is 6.62. The van der Waals surface area contributed by atoms with E-state index in [-0.39, 0.29) is 40.7 Å². The Labute approximate surface area is 190 Å². The van der Waals surface area contributed by atoms with Crippen molar-refractivity contribution >= 4 is 17.2 Å². The summed E-state index contributed by atoms with van der Waals surface area (Å²) in [7, 11) is 0. The quantitative estimate of drug-likeness (QED) is 0.337. The molecular formula is C23H18F4N4O3. The molecular weight excluding hydrogens is 456 g/mol. The largest absolute Gasteiger partial charge is 0.490 e. The molecule has 0 radical (unpaired) electrons. The van der Waals surface area contributed by atoms with E-state index in [0.717, 1.165) is 10.7 Å². The number of anilines is 1. The highest BCUT2D eigenvalue weighted by molar-refractivity contribution is 6.08. The maximum Gasteiger partial charge on any atom is 0.387 e. The lowest BCUT2D eigenvalue weighted by Gasteiger charge is -2.13. The Hall–Kier alpha value is -4.15. The van der Waals surface area contributed by atoms with Gasteiger partial charge in [-0.05, 0) is 25.1 Å². The van der Waals surface area contributed by atoms with Crippen molar-refractivity contribution in [1.29, 1.82) is 0 Å². The molecule has 0 saturated carbocycles. The van der Waals surface area contributed by atoms with Gasteiger partial charge in [0.2, 0.25) is 0 Å². The summed E-state index contributed by atoms with van der Waals surface area (Å²) in [5, 5.41) is 6.50. The summed E-state index contributed by atoms with van der Waals surface area (Å²) >= 11 is 0. The van der Waals surface area contributed by atoms with E-state index in [9.17, 15) is 22.4 Å². The third-order valence-corrected chi connectivity index (χ3v) is 4.75. The first-order valence-electron chi connectivity index (χ1n) is 10.1. The molecule has 0 atom stereocenters. The number of halogens is 4. The molecule has 0 aliphatic heterocycles. The van der Waals surface area contributed by atoms with Gasteiger partial charge in [-0.2, -0.15) is 13.9 Å². The lowest BCUT2D eigenvalue weighted by atomic mass is 10.1. The summed E-state index contributed by atoms with van der Waals surface area (Å²) in [6, 6.07) is 13.8. The molecule has 4 rings (SSSR count). The normalized spacial score (nSPS) is 11.3. The molecule has 0 unspecified atom stereocenters. The number of ether oxygens (including phenoxy) is 2. The monoisotopic (exact) mass is 474 g/mol. The van der Waals surface area contributed by atoms with Gasteiger partial charge in [-0.25, -0.2) is 18.3 Å². The fourth-order valence-electron chi connectivity index (χ4n) is 3.30. The molecule has 7 nitrogen and oxygen atoms in total. The van der Waals surface area contributed by atoms with Crippen LogP contribution in [0, 0.1) is 0 Å². The molecule has 0 saturated heterocycles. The molecule has 0 aliphatic carbocycles. The second-order valence-corrected chi connectivity index (χ2v) is 6.95. The molecule has 0 bridgehead atoms. The zero-order valence-electron chi connectivity index (χ0n) is 17.7. The number of nitrogens with one attached hydrogen (secondary N) is 1. The number of hydrogen-bond acceptors (Lipinski definition) is 5. The smallest absolute Gasteiger partial charge is 0.387 e. The minimum atomic E-state index is -3.05. The van der Waals surface area contributed by atoms with Crippen molar-refractivity contribution in [2.75, 3.05) is 11.9 Å². The van der Waals surface area contributed by atoms with Crippen LogP contribution in [0.5, 0.6) is 11.5 Å². The topological polar surface area (TPSA) is 77.8 Å². The first-order valence-corrected chi connectivity index (χ1v) is 10.1. The van der Waals surface area contributed by atoms with Crippen LogP contribution in [0.15, 0.2) is 60.8 Å². The van der Waals surface area contributed by atoms with Crippen molar-refractivity contribution in [3.63, 3.8) is 0 Å². The van der Waals surface area contributed by atoms with Crippen LogP contribution in [0.4, 0.5) is 23.2 Å². The van der Waals surface area contributed by atoms with Gasteiger partial charge in [-0.1, -0.05) is 30.3 Å². The predicted octanol–water partition coefficient (Wildman–Crippen LogP) is 5.59. The van der Waals surface area contributed by atoms with Gasteiger partial charge in [0.1, 0.15) is 11.3 Å². The summed E-state index contributed by atoms with van der Waals surface area (Å²) in [4.78, 5) is 17.3. The maximum absolute atomic E-state index is 13.7. The van der Waals surface area contributed by atoms with Crippen molar-refractivity contribution in [1.82, 2.24) is 14.6 Å². The number of carbonyl (C=O) groups is 1. The molecule has 0 spiro atoms. The van der Waals surface area contributed by atoms with Gasteiger partial charge >= 0.3 is 6.61 Å². The highest BCUT2D eigenvalue weighted by Gasteiger charge is 2.22. The minimum absolute atomic E-state index is 0.00457. The van der Waals surface area contributed by atoms with Gasteiger partial charge in [-0.3, -0.25) is 4.79 Å². The van der Waals surface area contributed by atoms with Gasteiger partial charge in [0, 0.05) is 17.3 Å². The van der Waals surface area contributed by atoms with Gasteiger partial charge < -0.3 is 14.8 Å². The van der Waals surface area contributed by atoms with Crippen LogP contribution in [-0.4, -0.2) is 33.7 Å². The van der Waals surface area contributed by atoms with Crippen molar-refractivity contribution in [2.45, 2.75) is 20.0 Å². The van der Waals surface area contributed by atoms with E-state index in [1.165, 1.54) is 24.3 Å². The number of amides is 1. The minimum Gasteiger partial charge on any atom is -0.490 e. The fraction of sp³-hybridized carbons (Fsp3) is 0.174. The van der Waals surface area contributed by atoms with Crippen LogP contribution >= 0.6 is 0 Å². The molecule has 4 aromatic rings. The summed E-state index contributed by atoms with van der Waals surface area (Å²) in [6.07, 6.45) is -1.73. The molecule has 1 amide bonds. The number of nitrogens with zero attached hydrogens (tertiary/aromatic N) is 3. The molecule has 176 valence electrons. The van der Waals surface area contributed by atoms with Crippen LogP contribution in [0.3, 0.4) is 0 Å². The van der Waals surface area contributed by atoms with Gasteiger partial charge in [0.15, 0.2) is 17.1 Å². The summed E-state index contributed by atoms with van der Waals surface area (Å²) in [5.74, 6) is -0.871. The number of fused-ring (bicyclic) bond motifs is 1.